The summed E-state index contributed by atoms with van der Waals surface area (Å²) in [6.45, 7) is 10.1. The first-order valence-corrected chi connectivity index (χ1v) is 7.65. The van der Waals surface area contributed by atoms with Crippen LogP contribution >= 0.6 is 0 Å². The van der Waals surface area contributed by atoms with Crippen LogP contribution in [0.1, 0.15) is 40.0 Å². The molecule has 1 aliphatic heterocycles. The van der Waals surface area contributed by atoms with Crippen molar-refractivity contribution >= 4 is 11.7 Å². The molecule has 0 radical (unpaired) electrons. The number of nitrogens with zero attached hydrogens (tertiary/aromatic N) is 2. The summed E-state index contributed by atoms with van der Waals surface area (Å²) >= 11 is 0. The molecule has 0 aliphatic carbocycles. The number of ketones is 1. The molecule has 116 valence electrons. The molecule has 0 spiro atoms. The largest absolute Gasteiger partial charge is 0.374 e. The van der Waals surface area contributed by atoms with Gasteiger partial charge in [-0.15, -0.1) is 0 Å². The maximum atomic E-state index is 11.9. The van der Waals surface area contributed by atoms with Gasteiger partial charge in [0.25, 0.3) is 0 Å². The third-order valence-corrected chi connectivity index (χ3v) is 3.63. The topological polar surface area (TPSA) is 49.9 Å². The summed E-state index contributed by atoms with van der Waals surface area (Å²) in [5.41, 5.74) is 0. The highest BCUT2D eigenvalue weighted by Crippen LogP contribution is 2.08. The van der Waals surface area contributed by atoms with Gasteiger partial charge in [-0.2, -0.15) is 0 Å². The minimum absolute atomic E-state index is 0.153. The van der Waals surface area contributed by atoms with Crippen molar-refractivity contribution in [2.24, 2.45) is 0 Å². The predicted molar refractivity (Wildman–Crippen MR) is 78.6 cm³/mol. The van der Waals surface area contributed by atoms with Crippen LogP contribution in [-0.4, -0.2) is 66.9 Å². The molecule has 0 aromatic rings. The van der Waals surface area contributed by atoms with Crippen LogP contribution in [0.25, 0.3) is 0 Å². The molecule has 0 unspecified atom stereocenters. The molecular formula is C15H28N2O3. The van der Waals surface area contributed by atoms with E-state index >= 15 is 0 Å². The highest BCUT2D eigenvalue weighted by Gasteiger charge is 2.24. The van der Waals surface area contributed by atoms with Gasteiger partial charge in [0.2, 0.25) is 5.91 Å². The Morgan fingerprint density at radius 3 is 2.65 bits per heavy atom. The van der Waals surface area contributed by atoms with E-state index in [4.69, 9.17) is 4.74 Å². The molecule has 1 fully saturated rings. The summed E-state index contributed by atoms with van der Waals surface area (Å²) in [5, 5.41) is 0. The van der Waals surface area contributed by atoms with Crippen LogP contribution in [0.4, 0.5) is 0 Å². The molecule has 1 saturated heterocycles. The number of piperazine rings is 1. The number of rotatable bonds is 9. The number of carbonyl (C=O) groups is 2. The Labute approximate surface area is 122 Å². The summed E-state index contributed by atoms with van der Waals surface area (Å²) in [4.78, 5) is 27.1. The first kappa shape index (κ1) is 17.1. The van der Waals surface area contributed by atoms with Crippen LogP contribution in [0.2, 0.25) is 0 Å². The van der Waals surface area contributed by atoms with E-state index in [-0.39, 0.29) is 18.3 Å². The molecular weight excluding hydrogens is 256 g/mol. The zero-order chi connectivity index (χ0) is 15.0. The van der Waals surface area contributed by atoms with Crippen molar-refractivity contribution in [2.75, 3.05) is 39.4 Å². The molecule has 0 bridgehead atoms. The molecule has 20 heavy (non-hydrogen) atoms. The number of amides is 1. The Kier molecular flexibility index (Phi) is 7.77. The lowest BCUT2D eigenvalue weighted by atomic mass is 10.2. The molecule has 5 nitrogen and oxygen atoms in total. The zero-order valence-electron chi connectivity index (χ0n) is 13.1. The van der Waals surface area contributed by atoms with Gasteiger partial charge in [0.1, 0.15) is 6.61 Å². The molecule has 0 N–H and O–H groups in total. The van der Waals surface area contributed by atoms with Gasteiger partial charge in [-0.1, -0.05) is 6.92 Å². The normalized spacial score (nSPS) is 17.0. The van der Waals surface area contributed by atoms with Crippen molar-refractivity contribution in [3.8, 4) is 0 Å². The average Bonchev–Trinajstić information content (AvgIpc) is 2.42. The van der Waals surface area contributed by atoms with Crippen LogP contribution in [0.3, 0.4) is 0 Å². The molecule has 5 heteroatoms. The first-order valence-electron chi connectivity index (χ1n) is 7.65. The van der Waals surface area contributed by atoms with E-state index in [2.05, 4.69) is 18.7 Å². The van der Waals surface area contributed by atoms with Gasteiger partial charge in [0, 0.05) is 32.2 Å². The van der Waals surface area contributed by atoms with Gasteiger partial charge >= 0.3 is 0 Å². The Balaban J connectivity index is 2.06. The maximum Gasteiger partial charge on any atom is 0.237 e. The standard InChI is InChI=1S/C15H28N2O3/c1-4-14(18)12-20-10-6-5-7-16-8-9-17(13(2)3)15(19)11-16/h13H,4-12H2,1-3H3. The second-order valence-corrected chi connectivity index (χ2v) is 5.61. The van der Waals surface area contributed by atoms with E-state index in [1.54, 1.807) is 0 Å². The lowest BCUT2D eigenvalue weighted by Gasteiger charge is -2.36. The van der Waals surface area contributed by atoms with E-state index in [0.29, 0.717) is 25.6 Å². The van der Waals surface area contributed by atoms with Gasteiger partial charge in [-0.05, 0) is 33.2 Å². The van der Waals surface area contributed by atoms with E-state index in [0.717, 1.165) is 32.5 Å². The number of hydrogen-bond acceptors (Lipinski definition) is 4. The van der Waals surface area contributed by atoms with Gasteiger partial charge in [0.05, 0.1) is 6.54 Å². The summed E-state index contributed by atoms with van der Waals surface area (Å²) in [7, 11) is 0. The van der Waals surface area contributed by atoms with E-state index < -0.39 is 0 Å². The van der Waals surface area contributed by atoms with Crippen molar-refractivity contribution < 1.29 is 14.3 Å². The second kappa shape index (κ2) is 9.08. The van der Waals surface area contributed by atoms with E-state index in [1.807, 2.05) is 11.8 Å². The van der Waals surface area contributed by atoms with E-state index in [9.17, 15) is 9.59 Å². The third kappa shape index (κ3) is 6.01. The quantitative estimate of drug-likeness (QED) is 0.599. The fourth-order valence-electron chi connectivity index (χ4n) is 2.30. The summed E-state index contributed by atoms with van der Waals surface area (Å²) in [5.74, 6) is 0.386. The highest BCUT2D eigenvalue weighted by atomic mass is 16.5. The Morgan fingerprint density at radius 1 is 1.30 bits per heavy atom. The molecule has 1 heterocycles. The molecule has 1 aliphatic rings. The van der Waals surface area contributed by atoms with Crippen molar-refractivity contribution in [3.05, 3.63) is 0 Å². The van der Waals surface area contributed by atoms with Crippen molar-refractivity contribution in [1.82, 2.24) is 9.80 Å². The monoisotopic (exact) mass is 284 g/mol. The molecule has 0 atom stereocenters. The minimum Gasteiger partial charge on any atom is -0.374 e. The van der Waals surface area contributed by atoms with Gasteiger partial charge in [-0.25, -0.2) is 0 Å². The van der Waals surface area contributed by atoms with Crippen LogP contribution in [-0.2, 0) is 14.3 Å². The van der Waals surface area contributed by atoms with Crippen molar-refractivity contribution in [2.45, 2.75) is 46.1 Å². The van der Waals surface area contributed by atoms with Crippen molar-refractivity contribution in [3.63, 3.8) is 0 Å². The Hall–Kier alpha value is -0.940. The lowest BCUT2D eigenvalue weighted by Crippen LogP contribution is -2.52. The van der Waals surface area contributed by atoms with Crippen LogP contribution in [0.5, 0.6) is 0 Å². The lowest BCUT2D eigenvalue weighted by molar-refractivity contribution is -0.138. The first-order chi connectivity index (χ1) is 9.54. The fourth-order valence-corrected chi connectivity index (χ4v) is 2.30. The number of unbranched alkanes of at least 4 members (excludes halogenated alkanes) is 1. The van der Waals surface area contributed by atoms with Gasteiger partial charge in [-0.3, -0.25) is 14.5 Å². The fraction of sp³-hybridized carbons (Fsp3) is 0.867. The molecule has 0 aromatic heterocycles. The molecule has 0 saturated carbocycles. The molecule has 0 aromatic carbocycles. The van der Waals surface area contributed by atoms with Crippen LogP contribution < -0.4 is 0 Å². The smallest absolute Gasteiger partial charge is 0.237 e. The Bertz CT molecular complexity index is 318. The van der Waals surface area contributed by atoms with Crippen LogP contribution in [0.15, 0.2) is 0 Å². The SMILES string of the molecule is CCC(=O)COCCCCN1CCN(C(C)C)C(=O)C1. The van der Waals surface area contributed by atoms with Crippen LogP contribution in [0, 0.1) is 0 Å². The third-order valence-electron chi connectivity index (χ3n) is 3.63. The maximum absolute atomic E-state index is 11.9. The summed E-state index contributed by atoms with van der Waals surface area (Å²) < 4.78 is 5.30. The minimum atomic E-state index is 0.153. The highest BCUT2D eigenvalue weighted by molar-refractivity contribution is 5.79. The zero-order valence-corrected chi connectivity index (χ0v) is 13.1. The number of ether oxygens (including phenoxy) is 1. The number of carbonyl (C=O) groups excluding carboxylic acids is 2. The average molecular weight is 284 g/mol. The second-order valence-electron chi connectivity index (χ2n) is 5.61. The molecule has 1 rings (SSSR count). The number of hydrogen-bond donors (Lipinski definition) is 0. The summed E-state index contributed by atoms with van der Waals surface area (Å²) in [6.07, 6.45) is 2.49. The summed E-state index contributed by atoms with van der Waals surface area (Å²) in [6, 6.07) is 0.300. The van der Waals surface area contributed by atoms with Gasteiger partial charge in [0.15, 0.2) is 5.78 Å². The number of Topliss-reactive ketones (excluding diaryl/α,β-unsaturated/α-hetero) is 1. The van der Waals surface area contributed by atoms with E-state index in [1.165, 1.54) is 0 Å². The Morgan fingerprint density at radius 2 is 2.05 bits per heavy atom. The predicted octanol–water partition coefficient (Wildman–Crippen LogP) is 1.31. The van der Waals surface area contributed by atoms with Gasteiger partial charge < -0.3 is 9.64 Å². The molecule has 1 amide bonds. The van der Waals surface area contributed by atoms with Crippen molar-refractivity contribution in [1.29, 1.82) is 0 Å².